The van der Waals surface area contributed by atoms with Gasteiger partial charge in [-0.25, -0.2) is 25.3 Å². The molecule has 0 aliphatic rings. The fraction of sp³-hybridized carbons (Fsp3) is 0.833. The summed E-state index contributed by atoms with van der Waals surface area (Å²) in [6, 6.07) is -2.13. The summed E-state index contributed by atoms with van der Waals surface area (Å²) in [6.07, 6.45) is -8.06. The van der Waals surface area contributed by atoms with Crippen LogP contribution in [-0.2, 0) is 48.5 Å². The maximum atomic E-state index is 10.6. The molecule has 0 aliphatic heterocycles. The summed E-state index contributed by atoms with van der Waals surface area (Å²) in [6.45, 7) is -1.55. The SMILES string of the molecule is NC(C=O)C(OS(=O)(=O)[O-])C(OS(=O)(=O)[O-])C(O)COS(=O)(=O)[O-].[Na+].[Na+].[Na+]. The summed E-state index contributed by atoms with van der Waals surface area (Å²) in [7, 11) is -16.8. The van der Waals surface area contributed by atoms with E-state index in [1.54, 1.807) is 0 Å². The van der Waals surface area contributed by atoms with Gasteiger partial charge in [-0.05, 0) is 0 Å². The van der Waals surface area contributed by atoms with Gasteiger partial charge in [0, 0.05) is 0 Å². The number of aldehydes is 1. The van der Waals surface area contributed by atoms with E-state index in [-0.39, 0.29) is 95.0 Å². The third kappa shape index (κ3) is 18.7. The van der Waals surface area contributed by atoms with Crippen LogP contribution >= 0.6 is 0 Å². The fourth-order valence-electron chi connectivity index (χ4n) is 1.27. The molecule has 21 heteroatoms. The van der Waals surface area contributed by atoms with Gasteiger partial charge in [-0.2, -0.15) is 0 Å². The number of rotatable bonds is 11. The second-order valence-electron chi connectivity index (χ2n) is 3.91. The molecule has 4 unspecified atom stereocenters. The molecule has 144 valence electrons. The van der Waals surface area contributed by atoms with Crippen molar-refractivity contribution in [3.63, 3.8) is 0 Å². The summed E-state index contributed by atoms with van der Waals surface area (Å²) in [5.74, 6) is 0. The van der Waals surface area contributed by atoms with Gasteiger partial charge in [0.25, 0.3) is 0 Å². The molecule has 0 aliphatic carbocycles. The van der Waals surface area contributed by atoms with Crippen LogP contribution in [-0.4, -0.2) is 81.3 Å². The normalized spacial score (nSPS) is 16.5. The van der Waals surface area contributed by atoms with Crippen LogP contribution in [0, 0.1) is 0 Å². The Balaban J connectivity index is -0.000000882. The standard InChI is InChI=1S/C6H13NO14S3.3Na/c7-3(1-8)5(20-23(13,14)15)6(21-24(16,17)18)4(9)2-19-22(10,11)12;;;/h1,3-6,9H,2,7H2,(H,10,11,12)(H,13,14,15)(H,16,17,18);;;/q;3*+1/p-3. The zero-order chi connectivity index (χ0) is 19.3. The number of carbonyl (C=O) groups excluding carboxylic acids is 1. The second-order valence-corrected chi connectivity index (χ2v) is 6.98. The zero-order valence-corrected chi connectivity index (χ0v) is 22.6. The molecule has 0 amide bonds. The molecule has 0 aromatic rings. The van der Waals surface area contributed by atoms with Gasteiger partial charge in [-0.1, -0.05) is 0 Å². The van der Waals surface area contributed by atoms with Gasteiger partial charge in [-0.15, -0.1) is 0 Å². The molecule has 0 radical (unpaired) electrons. The topological polar surface area (TPSA) is 263 Å². The van der Waals surface area contributed by atoms with Crippen molar-refractivity contribution < 1.29 is 150 Å². The van der Waals surface area contributed by atoms with E-state index in [1.165, 1.54) is 0 Å². The van der Waals surface area contributed by atoms with Crippen LogP contribution in [0.5, 0.6) is 0 Å². The second kappa shape index (κ2) is 15.1. The van der Waals surface area contributed by atoms with Crippen LogP contribution in [0.4, 0.5) is 0 Å². The Labute approximate surface area is 221 Å². The zero-order valence-electron chi connectivity index (χ0n) is 14.2. The third-order valence-corrected chi connectivity index (χ3v) is 3.42. The molecule has 0 rings (SSSR count). The molecular formula is C6H10NNa3O14S3. The van der Waals surface area contributed by atoms with Gasteiger partial charge in [0.15, 0.2) is 0 Å². The molecule has 0 bridgehead atoms. The average Bonchev–Trinajstić information content (AvgIpc) is 2.36. The van der Waals surface area contributed by atoms with Crippen molar-refractivity contribution in [1.82, 2.24) is 0 Å². The first kappa shape index (κ1) is 36.6. The predicted octanol–water partition coefficient (Wildman–Crippen LogP) is -13.9. The van der Waals surface area contributed by atoms with Crippen molar-refractivity contribution >= 4 is 37.5 Å². The van der Waals surface area contributed by atoms with Crippen molar-refractivity contribution in [3.05, 3.63) is 0 Å². The average molecular weight is 485 g/mol. The number of nitrogens with two attached hydrogens (primary N) is 1. The first-order chi connectivity index (χ1) is 10.6. The van der Waals surface area contributed by atoms with Crippen molar-refractivity contribution in [2.24, 2.45) is 5.73 Å². The maximum Gasteiger partial charge on any atom is 1.00 e. The van der Waals surface area contributed by atoms with E-state index in [2.05, 4.69) is 12.5 Å². The maximum absolute atomic E-state index is 10.6. The molecule has 4 atom stereocenters. The molecule has 0 saturated carbocycles. The van der Waals surface area contributed by atoms with E-state index >= 15 is 0 Å². The van der Waals surface area contributed by atoms with Gasteiger partial charge in [0.1, 0.15) is 24.6 Å². The van der Waals surface area contributed by atoms with Crippen molar-refractivity contribution in [1.29, 1.82) is 0 Å². The molecule has 0 spiro atoms. The number of aliphatic hydroxyl groups excluding tert-OH is 1. The van der Waals surface area contributed by atoms with Crippen LogP contribution in [0.1, 0.15) is 0 Å². The molecule has 15 nitrogen and oxygen atoms in total. The molecule has 27 heavy (non-hydrogen) atoms. The van der Waals surface area contributed by atoms with Gasteiger partial charge < -0.3 is 29.3 Å². The number of hydrogen-bond acceptors (Lipinski definition) is 15. The number of carbonyl (C=O) groups is 1. The predicted molar refractivity (Wildman–Crippen MR) is 64.8 cm³/mol. The van der Waals surface area contributed by atoms with E-state index in [0.717, 1.165) is 0 Å². The minimum absolute atomic E-state index is 0. The molecule has 0 fully saturated rings. The minimum atomic E-state index is -5.71. The molecule has 0 aromatic carbocycles. The summed E-state index contributed by atoms with van der Waals surface area (Å²) in [5.41, 5.74) is 5.06. The molecule has 0 saturated heterocycles. The summed E-state index contributed by atoms with van der Waals surface area (Å²) in [5, 5.41) is 9.54. The monoisotopic (exact) mass is 485 g/mol. The molecule has 0 aromatic heterocycles. The number of aliphatic hydroxyl groups is 1. The van der Waals surface area contributed by atoms with E-state index < -0.39 is 62.2 Å². The van der Waals surface area contributed by atoms with Gasteiger partial charge in [0.05, 0.1) is 12.6 Å². The van der Waals surface area contributed by atoms with Crippen LogP contribution in [0.25, 0.3) is 0 Å². The Hall–Kier alpha value is 2.20. The summed E-state index contributed by atoms with van der Waals surface area (Å²) in [4.78, 5) is 10.6. The third-order valence-electron chi connectivity index (χ3n) is 2.08. The van der Waals surface area contributed by atoms with Crippen molar-refractivity contribution in [3.8, 4) is 0 Å². The van der Waals surface area contributed by atoms with Crippen LogP contribution < -0.4 is 94.4 Å². The van der Waals surface area contributed by atoms with Crippen molar-refractivity contribution in [2.45, 2.75) is 24.4 Å². The van der Waals surface area contributed by atoms with Gasteiger partial charge >= 0.3 is 88.7 Å². The Morgan fingerprint density at radius 1 is 0.852 bits per heavy atom. The molecular weight excluding hydrogens is 475 g/mol. The Kier molecular flexibility index (Phi) is 20.4. The quantitative estimate of drug-likeness (QED) is 0.119. The van der Waals surface area contributed by atoms with E-state index in [0.29, 0.717) is 0 Å². The largest absolute Gasteiger partial charge is 1.00 e. The minimum Gasteiger partial charge on any atom is -0.726 e. The van der Waals surface area contributed by atoms with Crippen LogP contribution in [0.2, 0.25) is 0 Å². The van der Waals surface area contributed by atoms with E-state index in [9.17, 15) is 48.8 Å². The van der Waals surface area contributed by atoms with E-state index in [4.69, 9.17) is 5.73 Å². The van der Waals surface area contributed by atoms with E-state index in [1.807, 2.05) is 0 Å². The Morgan fingerprint density at radius 2 is 1.22 bits per heavy atom. The molecule has 3 N–H and O–H groups in total. The smallest absolute Gasteiger partial charge is 0.726 e. The van der Waals surface area contributed by atoms with Crippen LogP contribution in [0.3, 0.4) is 0 Å². The Bertz CT molecular complexity index is 738. The van der Waals surface area contributed by atoms with Crippen molar-refractivity contribution in [2.75, 3.05) is 6.61 Å². The summed E-state index contributed by atoms with van der Waals surface area (Å²) >= 11 is 0. The van der Waals surface area contributed by atoms with Crippen LogP contribution in [0.15, 0.2) is 0 Å². The fourth-order valence-corrected chi connectivity index (χ4v) is 2.60. The summed E-state index contributed by atoms with van der Waals surface area (Å²) < 4.78 is 105. The number of hydrogen-bond donors (Lipinski definition) is 2. The van der Waals surface area contributed by atoms with Gasteiger partial charge in [0.2, 0.25) is 31.2 Å². The molecule has 0 heterocycles. The first-order valence-corrected chi connectivity index (χ1v) is 9.33. The van der Waals surface area contributed by atoms with Gasteiger partial charge in [-0.3, -0.25) is 12.5 Å². The Morgan fingerprint density at radius 3 is 1.52 bits per heavy atom. The first-order valence-electron chi connectivity index (χ1n) is 5.33.